The number of allylic oxidation sites excluding steroid dienone is 1. The van der Waals surface area contributed by atoms with E-state index in [9.17, 15) is 15.0 Å². The molecule has 4 heteroatoms. The van der Waals surface area contributed by atoms with Crippen molar-refractivity contribution < 1.29 is 19.7 Å². The van der Waals surface area contributed by atoms with Crippen molar-refractivity contribution in [3.63, 3.8) is 0 Å². The summed E-state index contributed by atoms with van der Waals surface area (Å²) in [6.45, 7) is 11.9. The average molecular weight is 403 g/mol. The molecule has 0 radical (unpaired) electrons. The monoisotopic (exact) mass is 402 g/mol. The van der Waals surface area contributed by atoms with Crippen molar-refractivity contribution in [2.75, 3.05) is 6.61 Å². The highest BCUT2D eigenvalue weighted by Gasteiger charge is 2.69. The molecule has 0 bridgehead atoms. The summed E-state index contributed by atoms with van der Waals surface area (Å²) in [5, 5.41) is 22.3. The molecule has 0 aromatic rings. The number of hydrogen-bond acceptors (Lipinski definition) is 4. The van der Waals surface area contributed by atoms with Crippen molar-refractivity contribution in [1.29, 1.82) is 0 Å². The Labute approximate surface area is 175 Å². The molecule has 162 valence electrons. The molecule has 4 fully saturated rings. The molecule has 1 aliphatic heterocycles. The zero-order valence-electron chi connectivity index (χ0n) is 18.7. The van der Waals surface area contributed by atoms with Crippen LogP contribution >= 0.6 is 0 Å². The van der Waals surface area contributed by atoms with Gasteiger partial charge < -0.3 is 14.9 Å². The van der Waals surface area contributed by atoms with Crippen LogP contribution in [0, 0.1) is 45.3 Å². The van der Waals surface area contributed by atoms with Gasteiger partial charge in [-0.05, 0) is 66.3 Å². The van der Waals surface area contributed by atoms with Crippen LogP contribution in [-0.2, 0) is 9.53 Å². The lowest BCUT2D eigenvalue weighted by atomic mass is 9.34. The summed E-state index contributed by atoms with van der Waals surface area (Å²) < 4.78 is 5.61. The first kappa shape index (κ1) is 20.2. The number of carbonyl (C=O) groups is 1. The third-order valence-corrected chi connectivity index (χ3v) is 11.0. The number of ketones is 1. The van der Waals surface area contributed by atoms with E-state index in [0.29, 0.717) is 36.6 Å². The molecule has 0 aromatic carbocycles. The number of hydrogen-bond donors (Lipinski definition) is 2. The van der Waals surface area contributed by atoms with Gasteiger partial charge in [0.2, 0.25) is 0 Å². The number of carbonyl (C=O) groups excluding carboxylic acids is 1. The van der Waals surface area contributed by atoms with Gasteiger partial charge in [-0.25, -0.2) is 0 Å². The van der Waals surface area contributed by atoms with E-state index < -0.39 is 12.4 Å². The Kier molecular flexibility index (Phi) is 4.15. The first-order valence-electron chi connectivity index (χ1n) is 11.7. The van der Waals surface area contributed by atoms with Gasteiger partial charge in [0, 0.05) is 23.2 Å². The van der Waals surface area contributed by atoms with Gasteiger partial charge in [0.05, 0.1) is 12.7 Å². The number of fused-ring (bicyclic) bond motifs is 7. The fraction of sp³-hybridized carbons (Fsp3) is 0.880. The van der Waals surface area contributed by atoms with Gasteiger partial charge in [-0.1, -0.05) is 40.7 Å². The number of Topliss-reactive ketones (excluding diaryl/α,β-unsaturated/α-hetero) is 1. The molecule has 4 aliphatic carbocycles. The van der Waals surface area contributed by atoms with Gasteiger partial charge in [0.15, 0.2) is 6.29 Å². The summed E-state index contributed by atoms with van der Waals surface area (Å²) in [5.74, 6) is 1.45. The smallest absolute Gasteiger partial charge is 0.162 e. The van der Waals surface area contributed by atoms with Crippen molar-refractivity contribution >= 4 is 5.78 Å². The largest absolute Gasteiger partial charge is 0.393 e. The van der Waals surface area contributed by atoms with Crippen LogP contribution in [0.3, 0.4) is 0 Å². The summed E-state index contributed by atoms with van der Waals surface area (Å²) in [5.41, 5.74) is 0.757. The molecule has 2 N–H and O–H groups in total. The third-order valence-electron chi connectivity index (χ3n) is 11.0. The standard InChI is InChI=1S/C25H38O4/c1-22(2)15-8-10-24(4)16-7-6-14-13-29-21(28)20(14)25(16,5)19(27)12-17(24)23(15,3)11-9-18(22)26/h6,15-17,19-21,27-28H,7-13H2,1-5H3/t15-,16-,17+,19+,20+,21+,23-,24-,25+/m0/s1. The SMILES string of the molecule is CC1(C)C(=O)CC[C@]2(C)[C@H]3C[C@@H](O)[C@]4(C)[C@@H]5C(=CC[C@H]4[C@]3(C)CC[C@@H]12)CO[C@H]5O. The van der Waals surface area contributed by atoms with E-state index in [1.165, 1.54) is 5.57 Å². The molecular formula is C25H38O4. The summed E-state index contributed by atoms with van der Waals surface area (Å²) in [6, 6.07) is 0. The molecule has 1 heterocycles. The van der Waals surface area contributed by atoms with Gasteiger partial charge in [-0.15, -0.1) is 0 Å². The van der Waals surface area contributed by atoms with Crippen LogP contribution in [0.4, 0.5) is 0 Å². The molecule has 0 aromatic heterocycles. The van der Waals surface area contributed by atoms with Crippen LogP contribution in [0.25, 0.3) is 0 Å². The minimum absolute atomic E-state index is 0.0848. The summed E-state index contributed by atoms with van der Waals surface area (Å²) in [7, 11) is 0. The number of rotatable bonds is 0. The number of ether oxygens (including phenoxy) is 1. The molecule has 5 rings (SSSR count). The molecule has 29 heavy (non-hydrogen) atoms. The fourth-order valence-electron chi connectivity index (χ4n) is 9.42. The van der Waals surface area contributed by atoms with Crippen LogP contribution < -0.4 is 0 Å². The lowest BCUT2D eigenvalue weighted by molar-refractivity contribution is -0.245. The van der Waals surface area contributed by atoms with Gasteiger partial charge in [0.1, 0.15) is 5.78 Å². The minimum Gasteiger partial charge on any atom is -0.393 e. The van der Waals surface area contributed by atoms with Crippen LogP contribution in [-0.4, -0.2) is 35.0 Å². The van der Waals surface area contributed by atoms with Crippen LogP contribution in [0.1, 0.15) is 73.1 Å². The highest BCUT2D eigenvalue weighted by Crippen LogP contribution is 2.73. The Morgan fingerprint density at radius 2 is 1.69 bits per heavy atom. The quantitative estimate of drug-likeness (QED) is 0.599. The van der Waals surface area contributed by atoms with E-state index in [2.05, 4.69) is 40.7 Å². The maximum Gasteiger partial charge on any atom is 0.162 e. The van der Waals surface area contributed by atoms with Crippen LogP contribution in [0.5, 0.6) is 0 Å². The van der Waals surface area contributed by atoms with Gasteiger partial charge in [-0.2, -0.15) is 0 Å². The Morgan fingerprint density at radius 1 is 1.00 bits per heavy atom. The molecule has 0 unspecified atom stereocenters. The highest BCUT2D eigenvalue weighted by atomic mass is 16.6. The normalized spacial score (nSPS) is 56.0. The van der Waals surface area contributed by atoms with E-state index >= 15 is 0 Å². The topological polar surface area (TPSA) is 66.8 Å². The second-order valence-electron chi connectivity index (χ2n) is 12.2. The lowest BCUT2D eigenvalue weighted by Gasteiger charge is -2.70. The lowest BCUT2D eigenvalue weighted by Crippen LogP contribution is -2.67. The van der Waals surface area contributed by atoms with Gasteiger partial charge in [0.25, 0.3) is 0 Å². The Balaban J connectivity index is 1.59. The predicted molar refractivity (Wildman–Crippen MR) is 111 cm³/mol. The van der Waals surface area contributed by atoms with Gasteiger partial charge in [-0.3, -0.25) is 4.79 Å². The summed E-state index contributed by atoms with van der Waals surface area (Å²) in [4.78, 5) is 12.8. The fourth-order valence-corrected chi connectivity index (χ4v) is 9.42. The first-order chi connectivity index (χ1) is 13.5. The number of aliphatic hydroxyl groups is 2. The molecule has 9 atom stereocenters. The maximum absolute atomic E-state index is 12.8. The second-order valence-corrected chi connectivity index (χ2v) is 12.2. The Hall–Kier alpha value is -0.710. The van der Waals surface area contributed by atoms with Crippen molar-refractivity contribution in [2.45, 2.75) is 85.5 Å². The molecule has 1 saturated heterocycles. The van der Waals surface area contributed by atoms with Gasteiger partial charge >= 0.3 is 0 Å². The predicted octanol–water partition coefficient (Wildman–Crippen LogP) is 4.10. The van der Waals surface area contributed by atoms with Crippen LogP contribution in [0.2, 0.25) is 0 Å². The first-order valence-corrected chi connectivity index (χ1v) is 11.7. The molecule has 3 saturated carbocycles. The Morgan fingerprint density at radius 3 is 2.41 bits per heavy atom. The molecule has 0 amide bonds. The van der Waals surface area contributed by atoms with E-state index in [4.69, 9.17) is 4.74 Å². The maximum atomic E-state index is 12.8. The molecule has 0 spiro atoms. The average Bonchev–Trinajstić information content (AvgIpc) is 3.03. The summed E-state index contributed by atoms with van der Waals surface area (Å²) in [6.07, 6.45) is 6.60. The highest BCUT2D eigenvalue weighted by molar-refractivity contribution is 5.85. The Bertz CT molecular complexity index is 771. The second kappa shape index (κ2) is 5.95. The van der Waals surface area contributed by atoms with E-state index in [0.717, 1.165) is 32.1 Å². The van der Waals surface area contributed by atoms with Crippen molar-refractivity contribution in [1.82, 2.24) is 0 Å². The zero-order chi connectivity index (χ0) is 21.0. The summed E-state index contributed by atoms with van der Waals surface area (Å²) >= 11 is 0. The zero-order valence-corrected chi connectivity index (χ0v) is 18.7. The van der Waals surface area contributed by atoms with Crippen molar-refractivity contribution in [3.8, 4) is 0 Å². The van der Waals surface area contributed by atoms with Crippen molar-refractivity contribution in [3.05, 3.63) is 11.6 Å². The van der Waals surface area contributed by atoms with Crippen LogP contribution in [0.15, 0.2) is 11.6 Å². The van der Waals surface area contributed by atoms with E-state index in [-0.39, 0.29) is 27.6 Å². The molecule has 4 nitrogen and oxygen atoms in total. The molecular weight excluding hydrogens is 364 g/mol. The van der Waals surface area contributed by atoms with Crippen molar-refractivity contribution in [2.24, 2.45) is 45.3 Å². The minimum atomic E-state index is -0.804. The number of aliphatic hydroxyl groups excluding tert-OH is 2. The third kappa shape index (κ3) is 2.29. The van der Waals surface area contributed by atoms with E-state index in [1.807, 2.05) is 0 Å². The van der Waals surface area contributed by atoms with E-state index in [1.54, 1.807) is 0 Å². The molecule has 5 aliphatic rings.